The Morgan fingerprint density at radius 3 is 3.00 bits per heavy atom. The van der Waals surface area contributed by atoms with Crippen LogP contribution in [0.15, 0.2) is 28.9 Å². The van der Waals surface area contributed by atoms with Crippen molar-refractivity contribution >= 4 is 11.6 Å². The Morgan fingerprint density at radius 1 is 1.38 bits per heavy atom. The van der Waals surface area contributed by atoms with Crippen molar-refractivity contribution in [1.29, 1.82) is 0 Å². The third kappa shape index (κ3) is 2.36. The number of aromatic nitrogens is 4. The zero-order chi connectivity index (χ0) is 16.7. The summed E-state index contributed by atoms with van der Waals surface area (Å²) in [7, 11) is 0. The summed E-state index contributed by atoms with van der Waals surface area (Å²) in [6, 6.07) is 5.70. The van der Waals surface area contributed by atoms with E-state index in [1.807, 2.05) is 36.4 Å². The molecule has 3 aromatic rings. The third-order valence-corrected chi connectivity index (χ3v) is 4.51. The van der Waals surface area contributed by atoms with Crippen molar-refractivity contribution in [1.82, 2.24) is 24.4 Å². The van der Waals surface area contributed by atoms with E-state index in [4.69, 9.17) is 4.52 Å². The van der Waals surface area contributed by atoms with Gasteiger partial charge in [-0.1, -0.05) is 18.1 Å². The van der Waals surface area contributed by atoms with Crippen molar-refractivity contribution in [3.05, 3.63) is 47.5 Å². The van der Waals surface area contributed by atoms with Crippen LogP contribution in [-0.2, 0) is 6.42 Å². The summed E-state index contributed by atoms with van der Waals surface area (Å²) in [5.74, 6) is 1.12. The van der Waals surface area contributed by atoms with Crippen molar-refractivity contribution in [2.45, 2.75) is 39.2 Å². The molecule has 4 heterocycles. The van der Waals surface area contributed by atoms with Gasteiger partial charge in [0, 0.05) is 24.9 Å². The standard InChI is InChI=1S/C17H19N5O2/c1-3-15-19-16(20-24-15)13-7-5-9-21(13)17(23)12-10-22-11(2)6-4-8-14(22)18-12/h4,6,8,10,13H,3,5,7,9H2,1-2H3. The van der Waals surface area contributed by atoms with Gasteiger partial charge in [0.1, 0.15) is 11.3 Å². The van der Waals surface area contributed by atoms with E-state index in [1.165, 1.54) is 0 Å². The van der Waals surface area contributed by atoms with E-state index in [1.54, 1.807) is 11.1 Å². The van der Waals surface area contributed by atoms with E-state index in [9.17, 15) is 4.79 Å². The average molecular weight is 325 g/mol. The van der Waals surface area contributed by atoms with E-state index in [0.29, 0.717) is 30.4 Å². The van der Waals surface area contributed by atoms with Gasteiger partial charge in [0.25, 0.3) is 5.91 Å². The molecule has 1 unspecified atom stereocenters. The number of likely N-dealkylation sites (tertiary alicyclic amines) is 1. The number of carbonyl (C=O) groups excluding carboxylic acids is 1. The van der Waals surface area contributed by atoms with Crippen molar-refractivity contribution in [3.8, 4) is 0 Å². The summed E-state index contributed by atoms with van der Waals surface area (Å²) < 4.78 is 7.14. The van der Waals surface area contributed by atoms with Crippen LogP contribution in [0, 0.1) is 6.92 Å². The lowest BCUT2D eigenvalue weighted by Gasteiger charge is -2.20. The number of aryl methyl sites for hydroxylation is 2. The Kier molecular flexibility index (Phi) is 3.55. The van der Waals surface area contributed by atoms with E-state index in [-0.39, 0.29) is 11.9 Å². The second-order valence-corrected chi connectivity index (χ2v) is 6.08. The van der Waals surface area contributed by atoms with Gasteiger partial charge in [-0.15, -0.1) is 0 Å². The minimum Gasteiger partial charge on any atom is -0.339 e. The zero-order valence-corrected chi connectivity index (χ0v) is 13.8. The average Bonchev–Trinajstić information content (AvgIpc) is 3.31. The highest BCUT2D eigenvalue weighted by molar-refractivity contribution is 5.93. The summed E-state index contributed by atoms with van der Waals surface area (Å²) in [6.45, 7) is 4.65. The van der Waals surface area contributed by atoms with Crippen molar-refractivity contribution in [2.24, 2.45) is 0 Å². The first-order valence-electron chi connectivity index (χ1n) is 8.25. The molecule has 1 atom stereocenters. The van der Waals surface area contributed by atoms with Crippen LogP contribution in [0.25, 0.3) is 5.65 Å². The van der Waals surface area contributed by atoms with Crippen LogP contribution < -0.4 is 0 Å². The predicted molar refractivity (Wildman–Crippen MR) is 86.6 cm³/mol. The molecular weight excluding hydrogens is 306 g/mol. The first kappa shape index (κ1) is 14.9. The minimum atomic E-state index is -0.132. The summed E-state index contributed by atoms with van der Waals surface area (Å²) in [5, 5.41) is 4.05. The number of amides is 1. The fourth-order valence-electron chi connectivity index (χ4n) is 3.22. The third-order valence-electron chi connectivity index (χ3n) is 4.51. The topological polar surface area (TPSA) is 76.5 Å². The van der Waals surface area contributed by atoms with Crippen LogP contribution in [0.5, 0.6) is 0 Å². The van der Waals surface area contributed by atoms with Crippen LogP contribution in [0.1, 0.15) is 53.7 Å². The first-order valence-corrected chi connectivity index (χ1v) is 8.25. The van der Waals surface area contributed by atoms with Gasteiger partial charge in [-0.3, -0.25) is 4.79 Å². The van der Waals surface area contributed by atoms with Crippen LogP contribution in [0.2, 0.25) is 0 Å². The van der Waals surface area contributed by atoms with Gasteiger partial charge in [0.15, 0.2) is 5.82 Å². The number of hydrogen-bond donors (Lipinski definition) is 0. The van der Waals surface area contributed by atoms with Gasteiger partial charge in [-0.05, 0) is 31.9 Å². The fourth-order valence-corrected chi connectivity index (χ4v) is 3.22. The Labute approximate surface area is 139 Å². The molecule has 0 bridgehead atoms. The van der Waals surface area contributed by atoms with E-state index in [0.717, 1.165) is 24.2 Å². The monoisotopic (exact) mass is 325 g/mol. The summed E-state index contributed by atoms with van der Waals surface area (Å²) in [6.07, 6.45) is 4.27. The molecule has 0 aliphatic carbocycles. The number of rotatable bonds is 3. The van der Waals surface area contributed by atoms with Crippen LogP contribution in [0.3, 0.4) is 0 Å². The van der Waals surface area contributed by atoms with E-state index in [2.05, 4.69) is 15.1 Å². The maximum Gasteiger partial charge on any atom is 0.274 e. The van der Waals surface area contributed by atoms with Crippen LogP contribution in [-0.4, -0.2) is 36.9 Å². The molecule has 0 aromatic carbocycles. The molecule has 0 spiro atoms. The van der Waals surface area contributed by atoms with Crippen molar-refractivity contribution in [3.63, 3.8) is 0 Å². The Bertz CT molecular complexity index is 897. The largest absolute Gasteiger partial charge is 0.339 e. The van der Waals surface area contributed by atoms with Gasteiger partial charge in [0.2, 0.25) is 5.89 Å². The molecule has 7 heteroatoms. The highest BCUT2D eigenvalue weighted by Crippen LogP contribution is 2.31. The number of pyridine rings is 1. The molecule has 7 nitrogen and oxygen atoms in total. The quantitative estimate of drug-likeness (QED) is 0.739. The molecule has 1 aliphatic heterocycles. The highest BCUT2D eigenvalue weighted by Gasteiger charge is 2.34. The molecule has 1 saturated heterocycles. The minimum absolute atomic E-state index is 0.0801. The maximum atomic E-state index is 13.0. The second-order valence-electron chi connectivity index (χ2n) is 6.08. The number of carbonyl (C=O) groups is 1. The van der Waals surface area contributed by atoms with Gasteiger partial charge in [-0.25, -0.2) is 4.98 Å². The smallest absolute Gasteiger partial charge is 0.274 e. The molecule has 1 amide bonds. The molecule has 3 aromatic heterocycles. The number of imidazole rings is 1. The molecule has 1 fully saturated rings. The molecule has 1 aliphatic rings. The van der Waals surface area contributed by atoms with Crippen LogP contribution in [0.4, 0.5) is 0 Å². The van der Waals surface area contributed by atoms with Gasteiger partial charge < -0.3 is 13.8 Å². The van der Waals surface area contributed by atoms with Crippen LogP contribution >= 0.6 is 0 Å². The molecule has 4 rings (SSSR count). The second kappa shape index (κ2) is 5.74. The Morgan fingerprint density at radius 2 is 2.25 bits per heavy atom. The zero-order valence-electron chi connectivity index (χ0n) is 13.8. The Balaban J connectivity index is 1.65. The SMILES string of the molecule is CCc1nc(C2CCCN2C(=O)c2cn3c(C)cccc3n2)no1. The lowest BCUT2D eigenvalue weighted by Crippen LogP contribution is -2.31. The highest BCUT2D eigenvalue weighted by atomic mass is 16.5. The molecule has 0 radical (unpaired) electrons. The molecule has 0 N–H and O–H groups in total. The predicted octanol–water partition coefficient (Wildman–Crippen LogP) is 2.57. The normalized spacial score (nSPS) is 17.8. The van der Waals surface area contributed by atoms with Gasteiger partial charge in [-0.2, -0.15) is 4.98 Å². The number of fused-ring (bicyclic) bond motifs is 1. The summed E-state index contributed by atoms with van der Waals surface area (Å²) in [5.41, 5.74) is 2.28. The lowest BCUT2D eigenvalue weighted by molar-refractivity contribution is 0.0723. The van der Waals surface area contributed by atoms with Crippen molar-refractivity contribution < 1.29 is 9.32 Å². The molecule has 0 saturated carbocycles. The van der Waals surface area contributed by atoms with Gasteiger partial charge in [0.05, 0.1) is 6.04 Å². The molecule has 24 heavy (non-hydrogen) atoms. The fraction of sp³-hybridized carbons (Fsp3) is 0.412. The maximum absolute atomic E-state index is 13.0. The van der Waals surface area contributed by atoms with Crippen molar-refractivity contribution in [2.75, 3.05) is 6.54 Å². The van der Waals surface area contributed by atoms with E-state index < -0.39 is 0 Å². The summed E-state index contributed by atoms with van der Waals surface area (Å²) in [4.78, 5) is 23.6. The summed E-state index contributed by atoms with van der Waals surface area (Å²) >= 11 is 0. The van der Waals surface area contributed by atoms with E-state index >= 15 is 0 Å². The first-order chi connectivity index (χ1) is 11.7. The lowest BCUT2D eigenvalue weighted by atomic mass is 10.2. The molecular formula is C17H19N5O2. The molecule has 124 valence electrons. The number of nitrogens with zero attached hydrogens (tertiary/aromatic N) is 5. The Hall–Kier alpha value is -2.70. The number of hydrogen-bond acceptors (Lipinski definition) is 5. The van der Waals surface area contributed by atoms with Gasteiger partial charge >= 0.3 is 0 Å².